The first-order chi connectivity index (χ1) is 8.54. The Bertz CT molecular complexity index is 606. The van der Waals surface area contributed by atoms with Gasteiger partial charge >= 0.3 is 5.69 Å². The Balaban J connectivity index is 2.67. The van der Waals surface area contributed by atoms with Crippen LogP contribution < -0.4 is 5.32 Å². The molecule has 0 aromatic carbocycles. The summed E-state index contributed by atoms with van der Waals surface area (Å²) in [6, 6.07) is 0. The first-order valence-corrected chi connectivity index (χ1v) is 5.24. The van der Waals surface area contributed by atoms with Crippen LogP contribution in [0, 0.1) is 24.0 Å². The lowest BCUT2D eigenvalue weighted by Crippen LogP contribution is -2.07. The standard InChI is InChI=1S/C10H12N6O2/c1-6-7(2)15(5-13-6)9-8(16(17)18)4-12-10(11-3)14-9/h4-5H,1-3H3,(H,11,12,14). The largest absolute Gasteiger partial charge is 0.357 e. The van der Waals surface area contributed by atoms with Crippen molar-refractivity contribution in [3.63, 3.8) is 0 Å². The van der Waals surface area contributed by atoms with Gasteiger partial charge in [0.25, 0.3) is 0 Å². The minimum Gasteiger partial charge on any atom is -0.357 e. The van der Waals surface area contributed by atoms with Gasteiger partial charge in [0.1, 0.15) is 12.5 Å². The van der Waals surface area contributed by atoms with E-state index in [1.165, 1.54) is 12.5 Å². The van der Waals surface area contributed by atoms with Crippen LogP contribution in [-0.2, 0) is 0 Å². The Morgan fingerprint density at radius 1 is 1.39 bits per heavy atom. The summed E-state index contributed by atoms with van der Waals surface area (Å²) >= 11 is 0. The van der Waals surface area contributed by atoms with Gasteiger partial charge < -0.3 is 5.32 Å². The maximum Gasteiger partial charge on any atom is 0.330 e. The molecule has 0 amide bonds. The third-order valence-corrected chi connectivity index (χ3v) is 2.65. The maximum absolute atomic E-state index is 11.0. The van der Waals surface area contributed by atoms with Gasteiger partial charge in [0.2, 0.25) is 11.8 Å². The minimum absolute atomic E-state index is 0.158. The second kappa shape index (κ2) is 4.40. The lowest BCUT2D eigenvalue weighted by molar-refractivity contribution is -0.385. The molecule has 0 aliphatic heterocycles. The predicted octanol–water partition coefficient (Wildman–Crippen LogP) is 1.23. The second-order valence-electron chi connectivity index (χ2n) is 3.69. The molecule has 0 radical (unpaired) electrons. The van der Waals surface area contributed by atoms with Gasteiger partial charge in [-0.3, -0.25) is 14.7 Å². The zero-order chi connectivity index (χ0) is 13.3. The molecule has 0 aliphatic carbocycles. The Morgan fingerprint density at radius 2 is 2.11 bits per heavy atom. The van der Waals surface area contributed by atoms with Gasteiger partial charge in [0, 0.05) is 12.7 Å². The second-order valence-corrected chi connectivity index (χ2v) is 3.69. The molecule has 0 fully saturated rings. The van der Waals surface area contributed by atoms with Crippen LogP contribution in [0.1, 0.15) is 11.4 Å². The van der Waals surface area contributed by atoms with E-state index in [-0.39, 0.29) is 11.5 Å². The lowest BCUT2D eigenvalue weighted by Gasteiger charge is -2.06. The number of hydrogen-bond donors (Lipinski definition) is 1. The van der Waals surface area contributed by atoms with Crippen molar-refractivity contribution in [3.05, 3.63) is 34.0 Å². The van der Waals surface area contributed by atoms with E-state index >= 15 is 0 Å². The minimum atomic E-state index is -0.510. The smallest absolute Gasteiger partial charge is 0.330 e. The number of nitrogens with one attached hydrogen (secondary N) is 1. The first-order valence-electron chi connectivity index (χ1n) is 5.24. The normalized spacial score (nSPS) is 10.4. The summed E-state index contributed by atoms with van der Waals surface area (Å²) in [5.41, 5.74) is 1.45. The summed E-state index contributed by atoms with van der Waals surface area (Å²) in [5.74, 6) is 0.527. The van der Waals surface area contributed by atoms with Gasteiger partial charge in [-0.1, -0.05) is 0 Å². The molecule has 0 saturated carbocycles. The topological polar surface area (TPSA) is 98.8 Å². The van der Waals surface area contributed by atoms with Gasteiger partial charge in [0.15, 0.2) is 0 Å². The van der Waals surface area contributed by atoms with Crippen LogP contribution in [0.3, 0.4) is 0 Å². The molecular weight excluding hydrogens is 236 g/mol. The Kier molecular flexibility index (Phi) is 2.92. The van der Waals surface area contributed by atoms with Gasteiger partial charge in [-0.2, -0.15) is 4.98 Å². The molecule has 0 bridgehead atoms. The number of imidazole rings is 1. The summed E-state index contributed by atoms with van der Waals surface area (Å²) in [7, 11) is 1.65. The molecule has 8 nitrogen and oxygen atoms in total. The zero-order valence-corrected chi connectivity index (χ0v) is 10.2. The molecule has 1 N–H and O–H groups in total. The molecule has 0 atom stereocenters. The van der Waals surface area contributed by atoms with Gasteiger partial charge in [-0.15, -0.1) is 0 Å². The quantitative estimate of drug-likeness (QED) is 0.647. The van der Waals surface area contributed by atoms with Gasteiger partial charge in [-0.25, -0.2) is 9.97 Å². The van der Waals surface area contributed by atoms with E-state index in [1.54, 1.807) is 11.6 Å². The molecule has 94 valence electrons. The molecule has 2 aromatic rings. The highest BCUT2D eigenvalue weighted by atomic mass is 16.6. The van der Waals surface area contributed by atoms with Crippen molar-refractivity contribution < 1.29 is 4.92 Å². The fraction of sp³-hybridized carbons (Fsp3) is 0.300. The number of anilines is 1. The van der Waals surface area contributed by atoms with E-state index in [0.29, 0.717) is 5.95 Å². The Hall–Kier alpha value is -2.51. The fourth-order valence-corrected chi connectivity index (χ4v) is 1.51. The first kappa shape index (κ1) is 12.0. The molecule has 2 rings (SSSR count). The Labute approximate surface area is 103 Å². The summed E-state index contributed by atoms with van der Waals surface area (Å²) in [6.07, 6.45) is 2.70. The van der Waals surface area contributed by atoms with Crippen LogP contribution in [0.4, 0.5) is 11.6 Å². The van der Waals surface area contributed by atoms with Crippen LogP contribution in [0.2, 0.25) is 0 Å². The van der Waals surface area contributed by atoms with Crippen LogP contribution >= 0.6 is 0 Å². The average molecular weight is 248 g/mol. The monoisotopic (exact) mass is 248 g/mol. The van der Waals surface area contributed by atoms with Crippen LogP contribution in [0.5, 0.6) is 0 Å². The number of hydrogen-bond acceptors (Lipinski definition) is 6. The number of nitro groups is 1. The third-order valence-electron chi connectivity index (χ3n) is 2.65. The molecule has 0 spiro atoms. The number of aryl methyl sites for hydroxylation is 1. The van der Waals surface area contributed by atoms with Gasteiger partial charge in [0.05, 0.1) is 10.6 Å². The summed E-state index contributed by atoms with van der Waals surface area (Å²) in [4.78, 5) is 22.5. The zero-order valence-electron chi connectivity index (χ0n) is 10.2. The van der Waals surface area contributed by atoms with Gasteiger partial charge in [-0.05, 0) is 13.8 Å². The van der Waals surface area contributed by atoms with Crippen molar-refractivity contribution in [2.45, 2.75) is 13.8 Å². The Morgan fingerprint density at radius 3 is 2.61 bits per heavy atom. The molecular formula is C10H12N6O2. The van der Waals surface area contributed by atoms with Crippen LogP contribution in [0.15, 0.2) is 12.5 Å². The van der Waals surface area contributed by atoms with Crippen molar-refractivity contribution in [1.82, 2.24) is 19.5 Å². The molecule has 18 heavy (non-hydrogen) atoms. The maximum atomic E-state index is 11.0. The summed E-state index contributed by atoms with van der Waals surface area (Å²) in [5, 5.41) is 13.7. The van der Waals surface area contributed by atoms with Crippen LogP contribution in [0.25, 0.3) is 5.82 Å². The van der Waals surface area contributed by atoms with E-state index < -0.39 is 4.92 Å². The number of rotatable bonds is 3. The van der Waals surface area contributed by atoms with Crippen molar-refractivity contribution in [1.29, 1.82) is 0 Å². The highest BCUT2D eigenvalue weighted by Crippen LogP contribution is 2.22. The van der Waals surface area contributed by atoms with Crippen molar-refractivity contribution in [3.8, 4) is 5.82 Å². The SMILES string of the molecule is CNc1ncc([N+](=O)[O-])c(-n2cnc(C)c2C)n1. The van der Waals surface area contributed by atoms with E-state index in [2.05, 4.69) is 20.3 Å². The molecule has 0 saturated heterocycles. The molecule has 2 aromatic heterocycles. The number of nitrogens with zero attached hydrogens (tertiary/aromatic N) is 5. The molecule has 8 heteroatoms. The summed E-state index contributed by atoms with van der Waals surface area (Å²) < 4.78 is 1.58. The lowest BCUT2D eigenvalue weighted by atomic mass is 10.3. The van der Waals surface area contributed by atoms with E-state index in [0.717, 1.165) is 11.4 Å². The predicted molar refractivity (Wildman–Crippen MR) is 64.8 cm³/mol. The molecule has 0 aliphatic rings. The van der Waals surface area contributed by atoms with E-state index in [9.17, 15) is 10.1 Å². The number of aromatic nitrogens is 4. The summed E-state index contributed by atoms with van der Waals surface area (Å²) in [6.45, 7) is 3.66. The van der Waals surface area contributed by atoms with E-state index in [4.69, 9.17) is 0 Å². The third kappa shape index (κ3) is 1.88. The highest BCUT2D eigenvalue weighted by Gasteiger charge is 2.20. The van der Waals surface area contributed by atoms with Crippen molar-refractivity contribution in [2.75, 3.05) is 12.4 Å². The molecule has 2 heterocycles. The highest BCUT2D eigenvalue weighted by molar-refractivity contribution is 5.49. The average Bonchev–Trinajstić information content (AvgIpc) is 2.69. The van der Waals surface area contributed by atoms with Crippen molar-refractivity contribution >= 4 is 11.6 Å². The fourth-order valence-electron chi connectivity index (χ4n) is 1.51. The molecule has 0 unspecified atom stereocenters. The van der Waals surface area contributed by atoms with Crippen LogP contribution in [-0.4, -0.2) is 31.5 Å². The van der Waals surface area contributed by atoms with Crippen molar-refractivity contribution in [2.24, 2.45) is 0 Å². The van der Waals surface area contributed by atoms with E-state index in [1.807, 2.05) is 13.8 Å².